The van der Waals surface area contributed by atoms with Crippen LogP contribution >= 0.6 is 0 Å². The van der Waals surface area contributed by atoms with Crippen molar-refractivity contribution in [2.45, 2.75) is 13.0 Å². The van der Waals surface area contributed by atoms with Crippen molar-refractivity contribution in [3.05, 3.63) is 78.0 Å². The van der Waals surface area contributed by atoms with E-state index in [-0.39, 0.29) is 0 Å². The molecule has 128 valence electrons. The number of piperazine rings is 1. The first-order valence-corrected chi connectivity index (χ1v) is 8.82. The summed E-state index contributed by atoms with van der Waals surface area (Å²) in [5.74, 6) is 2.11. The molecule has 1 fully saturated rings. The Kier molecular flexibility index (Phi) is 4.74. The van der Waals surface area contributed by atoms with Crippen molar-refractivity contribution in [2.75, 3.05) is 31.1 Å². The van der Waals surface area contributed by atoms with Crippen LogP contribution in [-0.2, 0) is 13.0 Å². The summed E-state index contributed by atoms with van der Waals surface area (Å²) >= 11 is 0. The standard InChI is InChI=1S/C20H23N5/c1-2-6-17(7-3-1)14-19-22-15-18(23-19)16-24-10-12-25(13-11-24)20-8-4-5-9-21-20/h1-9,15H,10-14,16H2,(H,22,23). The SMILES string of the molecule is c1ccc(Cc2ncc(CN3CCN(c4ccccn4)CC3)[nH]2)cc1. The molecule has 3 heterocycles. The van der Waals surface area contributed by atoms with Crippen molar-refractivity contribution in [1.29, 1.82) is 0 Å². The maximum atomic E-state index is 4.54. The lowest BCUT2D eigenvalue weighted by molar-refractivity contribution is 0.247. The number of hydrogen-bond acceptors (Lipinski definition) is 4. The number of nitrogens with one attached hydrogen (secondary N) is 1. The fourth-order valence-corrected chi connectivity index (χ4v) is 3.28. The average molecular weight is 333 g/mol. The molecule has 0 amide bonds. The van der Waals surface area contributed by atoms with E-state index in [1.165, 1.54) is 11.3 Å². The minimum atomic E-state index is 0.855. The number of aromatic amines is 1. The molecule has 1 saturated heterocycles. The molecule has 0 aliphatic carbocycles. The molecule has 1 aromatic carbocycles. The van der Waals surface area contributed by atoms with Gasteiger partial charge in [0.15, 0.2) is 0 Å². The zero-order valence-electron chi connectivity index (χ0n) is 14.3. The Morgan fingerprint density at radius 3 is 2.44 bits per heavy atom. The molecule has 0 unspecified atom stereocenters. The Morgan fingerprint density at radius 1 is 0.880 bits per heavy atom. The highest BCUT2D eigenvalue weighted by molar-refractivity contribution is 5.38. The van der Waals surface area contributed by atoms with E-state index < -0.39 is 0 Å². The molecule has 5 heteroatoms. The van der Waals surface area contributed by atoms with Gasteiger partial charge in [0.05, 0.1) is 0 Å². The third-order valence-electron chi connectivity index (χ3n) is 4.63. The first-order chi connectivity index (χ1) is 12.4. The van der Waals surface area contributed by atoms with Crippen molar-refractivity contribution in [3.8, 4) is 0 Å². The Balaban J connectivity index is 1.30. The van der Waals surface area contributed by atoms with E-state index in [1.54, 1.807) is 0 Å². The van der Waals surface area contributed by atoms with Crippen LogP contribution in [0.15, 0.2) is 60.9 Å². The number of nitrogens with zero attached hydrogens (tertiary/aromatic N) is 4. The quantitative estimate of drug-likeness (QED) is 0.780. The zero-order chi connectivity index (χ0) is 16.9. The van der Waals surface area contributed by atoms with E-state index in [0.29, 0.717) is 0 Å². The largest absolute Gasteiger partial charge is 0.354 e. The number of imidazole rings is 1. The monoisotopic (exact) mass is 333 g/mol. The van der Waals surface area contributed by atoms with Crippen LogP contribution in [0.25, 0.3) is 0 Å². The lowest BCUT2D eigenvalue weighted by atomic mass is 10.1. The Bertz CT molecular complexity index is 776. The molecule has 1 aliphatic heterocycles. The maximum Gasteiger partial charge on any atom is 0.128 e. The molecule has 0 bridgehead atoms. The molecule has 0 atom stereocenters. The highest BCUT2D eigenvalue weighted by Crippen LogP contribution is 2.14. The molecule has 4 rings (SSSR count). The van der Waals surface area contributed by atoms with E-state index in [9.17, 15) is 0 Å². The van der Waals surface area contributed by atoms with Crippen molar-refractivity contribution in [1.82, 2.24) is 19.9 Å². The van der Waals surface area contributed by atoms with Gasteiger partial charge in [-0.05, 0) is 17.7 Å². The zero-order valence-corrected chi connectivity index (χ0v) is 14.3. The highest BCUT2D eigenvalue weighted by Gasteiger charge is 2.18. The predicted molar refractivity (Wildman–Crippen MR) is 99.6 cm³/mol. The summed E-state index contributed by atoms with van der Waals surface area (Å²) in [6.45, 7) is 5.05. The summed E-state index contributed by atoms with van der Waals surface area (Å²) in [6, 6.07) is 16.6. The van der Waals surface area contributed by atoms with E-state index >= 15 is 0 Å². The molecule has 25 heavy (non-hydrogen) atoms. The van der Waals surface area contributed by atoms with E-state index in [4.69, 9.17) is 0 Å². The maximum absolute atomic E-state index is 4.54. The third kappa shape index (κ3) is 4.06. The number of aromatic nitrogens is 3. The second-order valence-corrected chi connectivity index (χ2v) is 6.47. The summed E-state index contributed by atoms with van der Waals surface area (Å²) < 4.78 is 0. The van der Waals surface area contributed by atoms with E-state index in [0.717, 1.165) is 50.8 Å². The van der Waals surface area contributed by atoms with Crippen molar-refractivity contribution < 1.29 is 0 Å². The molecule has 0 saturated carbocycles. The first kappa shape index (κ1) is 15.8. The summed E-state index contributed by atoms with van der Waals surface area (Å²) in [5.41, 5.74) is 2.48. The van der Waals surface area contributed by atoms with Gasteiger partial charge in [-0.25, -0.2) is 9.97 Å². The first-order valence-electron chi connectivity index (χ1n) is 8.82. The molecule has 5 nitrogen and oxygen atoms in total. The second-order valence-electron chi connectivity index (χ2n) is 6.47. The molecule has 1 aliphatic rings. The summed E-state index contributed by atoms with van der Waals surface area (Å²) in [4.78, 5) is 17.3. The van der Waals surface area contributed by atoms with Crippen molar-refractivity contribution in [2.24, 2.45) is 0 Å². The topological polar surface area (TPSA) is 48.1 Å². The van der Waals surface area contributed by atoms with Gasteiger partial charge in [-0.2, -0.15) is 0 Å². The number of hydrogen-bond donors (Lipinski definition) is 1. The molecular weight excluding hydrogens is 310 g/mol. The van der Waals surface area contributed by atoms with Gasteiger partial charge in [-0.3, -0.25) is 4.90 Å². The Labute approximate surface area is 148 Å². The van der Waals surface area contributed by atoms with E-state index in [2.05, 4.69) is 55.1 Å². The normalized spacial score (nSPS) is 15.4. The number of rotatable bonds is 5. The fraction of sp³-hybridized carbons (Fsp3) is 0.300. The fourth-order valence-electron chi connectivity index (χ4n) is 3.28. The van der Waals surface area contributed by atoms with Crippen LogP contribution in [0, 0.1) is 0 Å². The molecule has 3 aromatic rings. The van der Waals surface area contributed by atoms with Crippen LogP contribution in [0.3, 0.4) is 0 Å². The lowest BCUT2D eigenvalue weighted by Crippen LogP contribution is -2.46. The number of benzene rings is 1. The molecule has 0 spiro atoms. The van der Waals surface area contributed by atoms with Crippen LogP contribution in [0.1, 0.15) is 17.1 Å². The smallest absolute Gasteiger partial charge is 0.128 e. The van der Waals surface area contributed by atoms with Gasteiger partial charge in [0, 0.05) is 57.2 Å². The van der Waals surface area contributed by atoms with Gasteiger partial charge in [-0.15, -0.1) is 0 Å². The van der Waals surface area contributed by atoms with Gasteiger partial charge >= 0.3 is 0 Å². The summed E-state index contributed by atoms with van der Waals surface area (Å²) in [6.07, 6.45) is 4.69. The summed E-state index contributed by atoms with van der Waals surface area (Å²) in [5, 5.41) is 0. The van der Waals surface area contributed by atoms with Gasteiger partial charge in [-0.1, -0.05) is 36.4 Å². The minimum absolute atomic E-state index is 0.855. The van der Waals surface area contributed by atoms with Crippen molar-refractivity contribution >= 4 is 5.82 Å². The number of anilines is 1. The molecule has 2 aromatic heterocycles. The van der Waals surface area contributed by atoms with Crippen LogP contribution < -0.4 is 4.90 Å². The molecule has 0 radical (unpaired) electrons. The Hall–Kier alpha value is -2.66. The van der Waals surface area contributed by atoms with Crippen LogP contribution in [0.2, 0.25) is 0 Å². The summed E-state index contributed by atoms with van der Waals surface area (Å²) in [7, 11) is 0. The van der Waals surface area contributed by atoms with Gasteiger partial charge in [0.1, 0.15) is 11.6 Å². The average Bonchev–Trinajstić information content (AvgIpc) is 3.11. The van der Waals surface area contributed by atoms with Crippen LogP contribution in [-0.4, -0.2) is 46.0 Å². The molecular formula is C20H23N5. The van der Waals surface area contributed by atoms with Gasteiger partial charge < -0.3 is 9.88 Å². The third-order valence-corrected chi connectivity index (χ3v) is 4.63. The van der Waals surface area contributed by atoms with Gasteiger partial charge in [0.2, 0.25) is 0 Å². The second kappa shape index (κ2) is 7.49. The lowest BCUT2D eigenvalue weighted by Gasteiger charge is -2.35. The van der Waals surface area contributed by atoms with E-state index in [1.807, 2.05) is 30.6 Å². The van der Waals surface area contributed by atoms with Crippen LogP contribution in [0.5, 0.6) is 0 Å². The van der Waals surface area contributed by atoms with Crippen molar-refractivity contribution in [3.63, 3.8) is 0 Å². The number of H-pyrrole nitrogens is 1. The van der Waals surface area contributed by atoms with Crippen LogP contribution in [0.4, 0.5) is 5.82 Å². The minimum Gasteiger partial charge on any atom is -0.354 e. The predicted octanol–water partition coefficient (Wildman–Crippen LogP) is 2.72. The molecule has 1 N–H and O–H groups in total. The Morgan fingerprint density at radius 2 is 1.68 bits per heavy atom. The number of pyridine rings is 1. The van der Waals surface area contributed by atoms with Gasteiger partial charge in [0.25, 0.3) is 0 Å². The highest BCUT2D eigenvalue weighted by atomic mass is 15.3.